The van der Waals surface area contributed by atoms with E-state index in [1.165, 1.54) is 6.07 Å². The Morgan fingerprint density at radius 2 is 1.50 bits per heavy atom. The fraction of sp³-hybridized carbons (Fsp3) is 0.0500. The van der Waals surface area contributed by atoms with E-state index in [0.29, 0.717) is 22.8 Å². The molecule has 0 atom stereocenters. The number of rotatable bonds is 3. The zero-order valence-corrected chi connectivity index (χ0v) is 15.9. The highest BCUT2D eigenvalue weighted by atomic mass is 32.2. The topological polar surface area (TPSA) is 47.8 Å². The quantitative estimate of drug-likeness (QED) is 0.262. The van der Waals surface area contributed by atoms with Crippen LogP contribution < -0.4 is 5.56 Å². The van der Waals surface area contributed by atoms with Crippen molar-refractivity contribution in [2.45, 2.75) is 5.16 Å². The third-order valence-corrected chi connectivity index (χ3v) is 4.85. The Bertz CT molecular complexity index is 1350. The first-order valence-corrected chi connectivity index (χ1v) is 9.60. The van der Waals surface area contributed by atoms with E-state index in [4.69, 9.17) is 0 Å². The summed E-state index contributed by atoms with van der Waals surface area (Å²) in [6.07, 6.45) is 1.61. The van der Waals surface area contributed by atoms with Crippen LogP contribution in [0.15, 0.2) is 52.4 Å². The molecule has 2 aromatic heterocycles. The van der Waals surface area contributed by atoms with Gasteiger partial charge in [0, 0.05) is 35.2 Å². The number of hydrogen-bond donors (Lipinski definition) is 0. The first kappa shape index (κ1) is 20.0. The molecular weight excluding hydrogens is 425 g/mol. The fourth-order valence-corrected chi connectivity index (χ4v) is 3.40. The van der Waals surface area contributed by atoms with Gasteiger partial charge in [0.2, 0.25) is 0 Å². The predicted octanol–water partition coefficient (Wildman–Crippen LogP) is 4.87. The summed E-state index contributed by atoms with van der Waals surface area (Å²) in [5.74, 6) is -5.51. The van der Waals surface area contributed by atoms with E-state index >= 15 is 0 Å². The minimum Gasteiger partial charge on any atom is -0.269 e. The molecule has 0 unspecified atom stereocenters. The average Bonchev–Trinajstić information content (AvgIpc) is 2.68. The molecule has 0 saturated carbocycles. The maximum absolute atomic E-state index is 14.4. The number of benzene rings is 2. The first-order valence-electron chi connectivity index (χ1n) is 8.38. The van der Waals surface area contributed by atoms with Crippen LogP contribution in [0.2, 0.25) is 0 Å². The van der Waals surface area contributed by atoms with E-state index in [1.54, 1.807) is 6.26 Å². The summed E-state index contributed by atoms with van der Waals surface area (Å²) >= 11 is 1.04. The number of pyridine rings is 1. The summed E-state index contributed by atoms with van der Waals surface area (Å²) in [5, 5.41) is 0.157. The average molecular weight is 435 g/mol. The summed E-state index contributed by atoms with van der Waals surface area (Å²) < 4.78 is 70.6. The number of fused-ring (bicyclic) bond motifs is 1. The van der Waals surface area contributed by atoms with Gasteiger partial charge in [-0.15, -0.1) is 0 Å². The second-order valence-corrected chi connectivity index (χ2v) is 6.92. The van der Waals surface area contributed by atoms with Gasteiger partial charge in [0.15, 0.2) is 22.4 Å². The van der Waals surface area contributed by atoms with Crippen molar-refractivity contribution < 1.29 is 22.0 Å². The molecule has 4 aromatic rings. The Labute approximate surface area is 170 Å². The number of nitrogens with zero attached hydrogens (tertiary/aromatic N) is 3. The smallest absolute Gasteiger partial charge is 0.256 e. The van der Waals surface area contributed by atoms with E-state index in [1.807, 2.05) is 0 Å². The van der Waals surface area contributed by atoms with Crippen molar-refractivity contribution in [3.8, 4) is 16.9 Å². The summed E-state index contributed by atoms with van der Waals surface area (Å²) in [4.78, 5) is 20.9. The van der Waals surface area contributed by atoms with Gasteiger partial charge in [-0.25, -0.2) is 31.9 Å². The molecule has 4 nitrogen and oxygen atoms in total. The molecule has 0 N–H and O–H groups in total. The zero-order valence-electron chi connectivity index (χ0n) is 15.1. The molecule has 0 aliphatic carbocycles. The second kappa shape index (κ2) is 7.52. The Morgan fingerprint density at radius 3 is 2.13 bits per heavy atom. The lowest BCUT2D eigenvalue weighted by Gasteiger charge is -2.14. The maximum Gasteiger partial charge on any atom is 0.256 e. The van der Waals surface area contributed by atoms with E-state index in [9.17, 15) is 26.7 Å². The van der Waals surface area contributed by atoms with Crippen LogP contribution in [0, 0.1) is 29.1 Å². The normalized spacial score (nSPS) is 11.3. The molecule has 2 aromatic carbocycles. The van der Waals surface area contributed by atoms with Gasteiger partial charge in [0.25, 0.3) is 5.56 Å². The zero-order chi connectivity index (χ0) is 21.6. The predicted molar refractivity (Wildman–Crippen MR) is 102 cm³/mol. The van der Waals surface area contributed by atoms with E-state index in [0.717, 1.165) is 30.0 Å². The Kier molecular flexibility index (Phi) is 5.02. The molecule has 0 fully saturated rings. The van der Waals surface area contributed by atoms with Crippen LogP contribution in [0.4, 0.5) is 22.0 Å². The number of hydrogen-bond acceptors (Lipinski definition) is 4. The highest BCUT2D eigenvalue weighted by molar-refractivity contribution is 7.98. The lowest BCUT2D eigenvalue weighted by molar-refractivity contribution is 0.533. The first-order chi connectivity index (χ1) is 14.3. The van der Waals surface area contributed by atoms with Gasteiger partial charge < -0.3 is 0 Å². The molecule has 0 amide bonds. The van der Waals surface area contributed by atoms with Crippen molar-refractivity contribution in [1.82, 2.24) is 14.5 Å². The molecule has 2 heterocycles. The summed E-state index contributed by atoms with van der Waals surface area (Å²) in [6, 6.07) is 5.98. The molecule has 0 saturated heterocycles. The minimum atomic E-state index is -1.32. The third kappa shape index (κ3) is 3.32. The Balaban J connectivity index is 2.15. The van der Waals surface area contributed by atoms with Crippen LogP contribution in [0.25, 0.3) is 28.0 Å². The highest BCUT2D eigenvalue weighted by Crippen LogP contribution is 2.31. The van der Waals surface area contributed by atoms with Crippen LogP contribution >= 0.6 is 11.8 Å². The summed E-state index contributed by atoms with van der Waals surface area (Å²) in [6.45, 7) is 0. The molecule has 152 valence electrons. The van der Waals surface area contributed by atoms with Crippen molar-refractivity contribution in [2.24, 2.45) is 0 Å². The SMILES string of the molecule is CSc1nc(-c2ccc(F)cc2F)c2ccc(=O)n(-c3c(F)cc(F)cc3F)c2n1. The van der Waals surface area contributed by atoms with Crippen molar-refractivity contribution in [2.75, 3.05) is 6.26 Å². The molecule has 4 rings (SSSR count). The molecule has 10 heteroatoms. The second-order valence-electron chi connectivity index (χ2n) is 6.15. The lowest BCUT2D eigenvalue weighted by Crippen LogP contribution is -2.21. The molecule has 30 heavy (non-hydrogen) atoms. The largest absolute Gasteiger partial charge is 0.269 e. The molecule has 0 aliphatic rings. The number of aromatic nitrogens is 3. The number of halogens is 5. The van der Waals surface area contributed by atoms with Crippen molar-refractivity contribution in [3.63, 3.8) is 0 Å². The minimum absolute atomic E-state index is 0.00136. The van der Waals surface area contributed by atoms with Gasteiger partial charge in [0.1, 0.15) is 23.1 Å². The molecule has 0 spiro atoms. The van der Waals surface area contributed by atoms with E-state index in [-0.39, 0.29) is 27.4 Å². The van der Waals surface area contributed by atoms with Gasteiger partial charge >= 0.3 is 0 Å². The van der Waals surface area contributed by atoms with Crippen LogP contribution in [0.1, 0.15) is 0 Å². The van der Waals surface area contributed by atoms with Crippen molar-refractivity contribution in [3.05, 3.63) is 81.9 Å². The van der Waals surface area contributed by atoms with Crippen LogP contribution in [-0.2, 0) is 0 Å². The van der Waals surface area contributed by atoms with Crippen molar-refractivity contribution in [1.29, 1.82) is 0 Å². The van der Waals surface area contributed by atoms with E-state index in [2.05, 4.69) is 9.97 Å². The lowest BCUT2D eigenvalue weighted by atomic mass is 10.1. The van der Waals surface area contributed by atoms with Gasteiger partial charge in [-0.1, -0.05) is 11.8 Å². The third-order valence-electron chi connectivity index (χ3n) is 4.30. The monoisotopic (exact) mass is 435 g/mol. The number of thioether (sulfide) groups is 1. The summed E-state index contributed by atoms with van der Waals surface area (Å²) in [5.41, 5.74) is -1.99. The summed E-state index contributed by atoms with van der Waals surface area (Å²) in [7, 11) is 0. The van der Waals surface area contributed by atoms with Gasteiger partial charge in [0.05, 0.1) is 5.69 Å². The van der Waals surface area contributed by atoms with Crippen molar-refractivity contribution >= 4 is 22.8 Å². The molecule has 0 aliphatic heterocycles. The van der Waals surface area contributed by atoms with Crippen LogP contribution in [-0.4, -0.2) is 20.8 Å². The molecule has 0 bridgehead atoms. The van der Waals surface area contributed by atoms with E-state index < -0.39 is 40.3 Å². The van der Waals surface area contributed by atoms with Gasteiger partial charge in [-0.05, 0) is 24.5 Å². The maximum atomic E-state index is 14.4. The van der Waals surface area contributed by atoms with Crippen LogP contribution in [0.3, 0.4) is 0 Å². The Hall–Kier alpha value is -3.27. The Morgan fingerprint density at radius 1 is 0.833 bits per heavy atom. The fourth-order valence-electron chi connectivity index (χ4n) is 3.04. The van der Waals surface area contributed by atoms with Gasteiger partial charge in [-0.2, -0.15) is 0 Å². The van der Waals surface area contributed by atoms with Gasteiger partial charge in [-0.3, -0.25) is 9.36 Å². The van der Waals surface area contributed by atoms with Crippen LogP contribution in [0.5, 0.6) is 0 Å². The standard InChI is InChI=1S/C20H10F5N3OS/c1-30-20-26-17(11-3-2-9(21)6-13(11)23)12-4-5-16(29)28(19(12)27-20)18-14(24)7-10(22)8-15(18)25/h2-8H,1H3. The highest BCUT2D eigenvalue weighted by Gasteiger charge is 2.21. The molecule has 0 radical (unpaired) electrons. The molecular formula is C20H10F5N3OS.